The van der Waals surface area contributed by atoms with Crippen LogP contribution in [0.3, 0.4) is 0 Å². The van der Waals surface area contributed by atoms with Crippen molar-refractivity contribution in [2.24, 2.45) is 0 Å². The number of rotatable bonds is 4. The molecule has 33 heavy (non-hydrogen) atoms. The molecule has 1 fully saturated rings. The second-order valence-electron chi connectivity index (χ2n) is 9.20. The molecule has 1 atom stereocenters. The summed E-state index contributed by atoms with van der Waals surface area (Å²) in [5.74, 6) is 0. The fourth-order valence-electron chi connectivity index (χ4n) is 5.36. The van der Waals surface area contributed by atoms with E-state index in [1.54, 1.807) is 17.7 Å². The maximum absolute atomic E-state index is 13.4. The Kier molecular flexibility index (Phi) is 5.40. The summed E-state index contributed by atoms with van der Waals surface area (Å²) in [5, 5.41) is 6.87. The van der Waals surface area contributed by atoms with Crippen LogP contribution in [0.4, 0.5) is 5.69 Å². The molecule has 0 amide bonds. The predicted octanol–water partition coefficient (Wildman–Crippen LogP) is 3.64. The van der Waals surface area contributed by atoms with E-state index in [4.69, 9.17) is 0 Å². The Hall–Kier alpha value is -2.74. The number of nitrogens with one attached hydrogen (secondary N) is 1. The van der Waals surface area contributed by atoms with Gasteiger partial charge in [-0.3, -0.25) is 14.3 Å². The number of hydrogen-bond donors (Lipinski definition) is 1. The van der Waals surface area contributed by atoms with E-state index in [0.29, 0.717) is 0 Å². The van der Waals surface area contributed by atoms with Crippen LogP contribution in [-0.4, -0.2) is 53.7 Å². The van der Waals surface area contributed by atoms with E-state index in [9.17, 15) is 4.79 Å². The van der Waals surface area contributed by atoms with Crippen molar-refractivity contribution in [2.45, 2.75) is 25.9 Å². The molecule has 2 aromatic carbocycles. The van der Waals surface area contributed by atoms with Crippen molar-refractivity contribution in [1.29, 1.82) is 0 Å². The summed E-state index contributed by atoms with van der Waals surface area (Å²) in [7, 11) is 0. The van der Waals surface area contributed by atoms with Crippen molar-refractivity contribution in [1.82, 2.24) is 19.8 Å². The first-order valence-electron chi connectivity index (χ1n) is 11.9. The Labute approximate surface area is 197 Å². The molecule has 0 aliphatic carbocycles. The topological polar surface area (TPSA) is 53.4 Å². The van der Waals surface area contributed by atoms with Crippen LogP contribution in [-0.2, 0) is 13.0 Å². The van der Waals surface area contributed by atoms with Crippen LogP contribution in [0.15, 0.2) is 53.6 Å². The Bertz CT molecular complexity index is 1360. The molecule has 2 aliphatic rings. The first-order valence-corrected chi connectivity index (χ1v) is 12.7. The molecule has 1 saturated heterocycles. The first-order chi connectivity index (χ1) is 16.2. The number of hydrogen-bond acceptors (Lipinski definition) is 6. The van der Waals surface area contributed by atoms with Gasteiger partial charge in [0.25, 0.3) is 5.56 Å². The summed E-state index contributed by atoms with van der Waals surface area (Å²) in [6.45, 7) is 8.79. The van der Waals surface area contributed by atoms with E-state index in [-0.39, 0.29) is 11.6 Å². The lowest BCUT2D eigenvalue weighted by Gasteiger charge is -2.37. The zero-order chi connectivity index (χ0) is 22.4. The summed E-state index contributed by atoms with van der Waals surface area (Å²) < 4.78 is 1.86. The number of thiophene rings is 1. The van der Waals surface area contributed by atoms with E-state index in [1.165, 1.54) is 26.9 Å². The maximum atomic E-state index is 13.4. The molecule has 7 heteroatoms. The van der Waals surface area contributed by atoms with E-state index in [2.05, 4.69) is 69.5 Å². The summed E-state index contributed by atoms with van der Waals surface area (Å²) in [6.07, 6.45) is 2.68. The van der Waals surface area contributed by atoms with Gasteiger partial charge in [0.2, 0.25) is 0 Å². The highest BCUT2D eigenvalue weighted by molar-refractivity contribution is 7.18. The number of benzene rings is 2. The number of nitrogens with zero attached hydrogens (tertiary/aromatic N) is 4. The smallest absolute Gasteiger partial charge is 0.262 e. The van der Waals surface area contributed by atoms with Gasteiger partial charge in [0, 0.05) is 61.3 Å². The minimum atomic E-state index is 0.0933. The molecular weight excluding hydrogens is 430 g/mol. The van der Waals surface area contributed by atoms with Crippen molar-refractivity contribution in [2.75, 3.05) is 44.2 Å². The molecule has 4 aromatic rings. The Morgan fingerprint density at radius 3 is 2.79 bits per heavy atom. The molecule has 1 N–H and O–H groups in total. The molecule has 0 spiro atoms. The molecular formula is C26H29N5OS. The minimum absolute atomic E-state index is 0.0933. The molecule has 4 heterocycles. The molecule has 6 rings (SSSR count). The van der Waals surface area contributed by atoms with Gasteiger partial charge in [0.05, 0.1) is 11.7 Å². The van der Waals surface area contributed by atoms with Gasteiger partial charge in [-0.2, -0.15) is 0 Å². The second kappa shape index (κ2) is 8.56. The van der Waals surface area contributed by atoms with Gasteiger partial charge in [-0.05, 0) is 36.9 Å². The lowest BCUT2D eigenvalue weighted by molar-refractivity contribution is 0.224. The SMILES string of the molecule is CC(CN1CCN(c2cccc3ccccc23)CC1)n1cnc2sc3c(c2c1=O)CCNC3. The highest BCUT2D eigenvalue weighted by Crippen LogP contribution is 2.30. The molecule has 2 aromatic heterocycles. The third-order valence-electron chi connectivity index (χ3n) is 7.13. The van der Waals surface area contributed by atoms with Gasteiger partial charge in [-0.25, -0.2) is 4.98 Å². The van der Waals surface area contributed by atoms with Crippen molar-refractivity contribution in [3.05, 3.63) is 69.6 Å². The van der Waals surface area contributed by atoms with Crippen molar-refractivity contribution >= 4 is 38.0 Å². The fourth-order valence-corrected chi connectivity index (χ4v) is 6.51. The average molecular weight is 460 g/mol. The van der Waals surface area contributed by atoms with Crippen LogP contribution in [0.1, 0.15) is 23.4 Å². The number of fused-ring (bicyclic) bond motifs is 4. The fraction of sp³-hybridized carbons (Fsp3) is 0.385. The van der Waals surface area contributed by atoms with Crippen LogP contribution >= 0.6 is 11.3 Å². The van der Waals surface area contributed by atoms with Crippen LogP contribution in [0, 0.1) is 0 Å². The van der Waals surface area contributed by atoms with Gasteiger partial charge in [0.15, 0.2) is 0 Å². The van der Waals surface area contributed by atoms with E-state index >= 15 is 0 Å². The van der Waals surface area contributed by atoms with Gasteiger partial charge >= 0.3 is 0 Å². The van der Waals surface area contributed by atoms with E-state index in [0.717, 1.165) is 62.5 Å². The Morgan fingerprint density at radius 1 is 1.09 bits per heavy atom. The summed E-state index contributed by atoms with van der Waals surface area (Å²) in [4.78, 5) is 25.2. The third-order valence-corrected chi connectivity index (χ3v) is 8.27. The van der Waals surface area contributed by atoms with Gasteiger partial charge < -0.3 is 10.2 Å². The zero-order valence-electron chi connectivity index (χ0n) is 19.0. The van der Waals surface area contributed by atoms with Crippen LogP contribution in [0.2, 0.25) is 0 Å². The largest absolute Gasteiger partial charge is 0.368 e. The molecule has 0 bridgehead atoms. The van der Waals surface area contributed by atoms with Crippen LogP contribution in [0.5, 0.6) is 0 Å². The zero-order valence-corrected chi connectivity index (χ0v) is 19.8. The van der Waals surface area contributed by atoms with Gasteiger partial charge in [-0.15, -0.1) is 11.3 Å². The lowest BCUT2D eigenvalue weighted by atomic mass is 10.1. The van der Waals surface area contributed by atoms with Crippen molar-refractivity contribution in [3.8, 4) is 0 Å². The molecule has 170 valence electrons. The van der Waals surface area contributed by atoms with Gasteiger partial charge in [0.1, 0.15) is 4.83 Å². The second-order valence-corrected chi connectivity index (χ2v) is 10.3. The third kappa shape index (κ3) is 3.74. The minimum Gasteiger partial charge on any atom is -0.368 e. The number of anilines is 1. The lowest BCUT2D eigenvalue weighted by Crippen LogP contribution is -2.48. The van der Waals surface area contributed by atoms with E-state index < -0.39 is 0 Å². The quantitative estimate of drug-likeness (QED) is 0.505. The van der Waals surface area contributed by atoms with Gasteiger partial charge in [-0.1, -0.05) is 36.4 Å². The first kappa shape index (κ1) is 20.8. The highest BCUT2D eigenvalue weighted by atomic mass is 32.1. The van der Waals surface area contributed by atoms with Crippen molar-refractivity contribution in [3.63, 3.8) is 0 Å². The number of piperazine rings is 1. The van der Waals surface area contributed by atoms with Crippen LogP contribution in [0.25, 0.3) is 21.0 Å². The molecule has 0 radical (unpaired) electrons. The molecule has 1 unspecified atom stereocenters. The molecule has 2 aliphatic heterocycles. The van der Waals surface area contributed by atoms with E-state index in [1.807, 2.05) is 4.57 Å². The Morgan fingerprint density at radius 2 is 1.91 bits per heavy atom. The maximum Gasteiger partial charge on any atom is 0.262 e. The number of aromatic nitrogens is 2. The predicted molar refractivity (Wildman–Crippen MR) is 137 cm³/mol. The monoisotopic (exact) mass is 459 g/mol. The average Bonchev–Trinajstić information content (AvgIpc) is 3.24. The summed E-state index contributed by atoms with van der Waals surface area (Å²) in [5.41, 5.74) is 2.67. The molecule has 6 nitrogen and oxygen atoms in total. The summed E-state index contributed by atoms with van der Waals surface area (Å²) >= 11 is 1.67. The Balaban J connectivity index is 1.17. The molecule has 0 saturated carbocycles. The highest BCUT2D eigenvalue weighted by Gasteiger charge is 2.23. The normalized spacial score (nSPS) is 18.0. The van der Waals surface area contributed by atoms with Crippen LogP contribution < -0.4 is 15.8 Å². The standard InChI is InChI=1S/C26H29N5OS/c1-18(31-17-28-25-24(26(31)32)21-9-10-27-15-23(21)33-25)16-29-11-13-30(14-12-29)22-8-4-6-19-5-2-3-7-20(19)22/h2-8,17-18,27H,9-16H2,1H3. The van der Waals surface area contributed by atoms with Crippen molar-refractivity contribution < 1.29 is 0 Å². The summed E-state index contributed by atoms with van der Waals surface area (Å²) in [6, 6.07) is 15.3.